The topological polar surface area (TPSA) is 49.9 Å². The molecule has 5 nitrogen and oxygen atoms in total. The van der Waals surface area contributed by atoms with Crippen molar-refractivity contribution >= 4 is 35.0 Å². The van der Waals surface area contributed by atoms with Gasteiger partial charge in [-0.05, 0) is 24.3 Å². The molecule has 0 atom stereocenters. The van der Waals surface area contributed by atoms with Gasteiger partial charge in [-0.2, -0.15) is 0 Å². The molecule has 1 aliphatic rings. The summed E-state index contributed by atoms with van der Waals surface area (Å²) in [6, 6.07) is 10.6. The van der Waals surface area contributed by atoms with Crippen molar-refractivity contribution in [2.24, 2.45) is 0 Å². The second-order valence-corrected chi connectivity index (χ2v) is 7.15. The summed E-state index contributed by atoms with van der Waals surface area (Å²) >= 11 is 12.9. The second-order valence-electron chi connectivity index (χ2n) is 6.33. The van der Waals surface area contributed by atoms with E-state index in [1.54, 1.807) is 28.0 Å². The fourth-order valence-electron chi connectivity index (χ4n) is 3.24. The van der Waals surface area contributed by atoms with Gasteiger partial charge in [0.15, 0.2) is 0 Å². The molecule has 0 aromatic heterocycles. The van der Waals surface area contributed by atoms with Crippen molar-refractivity contribution in [3.63, 3.8) is 0 Å². The molecule has 0 saturated carbocycles. The first kappa shape index (κ1) is 20.2. The molecule has 2 aromatic rings. The number of amides is 2. The molecule has 0 spiro atoms. The molecule has 0 aliphatic carbocycles. The predicted molar refractivity (Wildman–Crippen MR) is 111 cm³/mol. The molecule has 1 saturated heterocycles. The summed E-state index contributed by atoms with van der Waals surface area (Å²) in [7, 11) is 1.52. The largest absolute Gasteiger partial charge is 0.497 e. The van der Waals surface area contributed by atoms with Gasteiger partial charge in [-0.25, -0.2) is 0 Å². The van der Waals surface area contributed by atoms with Crippen molar-refractivity contribution < 1.29 is 14.3 Å². The highest BCUT2D eigenvalue weighted by Gasteiger charge is 2.27. The average Bonchev–Trinajstić information content (AvgIpc) is 2.73. The lowest BCUT2D eigenvalue weighted by Gasteiger charge is -2.34. The van der Waals surface area contributed by atoms with E-state index in [0.29, 0.717) is 58.7 Å². The quantitative estimate of drug-likeness (QED) is 0.700. The molecule has 2 amide bonds. The fraction of sp³-hybridized carbons (Fsp3) is 0.238. The molecule has 2 aromatic carbocycles. The molecule has 0 N–H and O–H groups in total. The summed E-state index contributed by atoms with van der Waals surface area (Å²) in [4.78, 5) is 28.5. The number of benzene rings is 2. The minimum Gasteiger partial charge on any atom is -0.497 e. The van der Waals surface area contributed by atoms with E-state index in [-0.39, 0.29) is 11.8 Å². The van der Waals surface area contributed by atoms with Crippen LogP contribution in [0.1, 0.15) is 10.4 Å². The van der Waals surface area contributed by atoms with E-state index in [2.05, 4.69) is 6.58 Å². The molecule has 28 heavy (non-hydrogen) atoms. The molecule has 1 aliphatic heterocycles. The highest BCUT2D eigenvalue weighted by atomic mass is 35.5. The predicted octanol–water partition coefficient (Wildman–Crippen LogP) is 4.14. The molecular formula is C21H20Cl2N2O3. The normalized spacial score (nSPS) is 14.0. The summed E-state index contributed by atoms with van der Waals surface area (Å²) < 4.78 is 5.31. The van der Waals surface area contributed by atoms with Crippen LogP contribution in [0.5, 0.6) is 5.75 Å². The number of nitrogens with zero attached hydrogens (tertiary/aromatic N) is 2. The average molecular weight is 419 g/mol. The first-order chi connectivity index (χ1) is 13.5. The molecule has 146 valence electrons. The zero-order valence-electron chi connectivity index (χ0n) is 15.5. The van der Waals surface area contributed by atoms with Crippen LogP contribution in [0.2, 0.25) is 10.0 Å². The molecule has 1 fully saturated rings. The molecule has 3 rings (SSSR count). The van der Waals surface area contributed by atoms with Gasteiger partial charge in [0.25, 0.3) is 5.91 Å². The Balaban J connectivity index is 1.98. The van der Waals surface area contributed by atoms with Crippen LogP contribution in [0.25, 0.3) is 11.1 Å². The Hall–Kier alpha value is -2.50. The first-order valence-electron chi connectivity index (χ1n) is 8.79. The first-order valence-corrected chi connectivity index (χ1v) is 9.55. The zero-order valence-corrected chi connectivity index (χ0v) is 17.0. The summed E-state index contributed by atoms with van der Waals surface area (Å²) in [5, 5.41) is 0.890. The van der Waals surface area contributed by atoms with Crippen LogP contribution in [-0.2, 0) is 4.79 Å². The number of carbonyl (C=O) groups excluding carboxylic acids is 2. The van der Waals surface area contributed by atoms with Crippen molar-refractivity contribution in [2.75, 3.05) is 33.3 Å². The van der Waals surface area contributed by atoms with Gasteiger partial charge in [0, 0.05) is 42.3 Å². The smallest absolute Gasteiger partial charge is 0.254 e. The Morgan fingerprint density at radius 1 is 1.04 bits per heavy atom. The Kier molecular flexibility index (Phi) is 6.27. The molecular weight excluding hydrogens is 399 g/mol. The maximum absolute atomic E-state index is 13.3. The van der Waals surface area contributed by atoms with Crippen LogP contribution in [0.3, 0.4) is 0 Å². The highest BCUT2D eigenvalue weighted by molar-refractivity contribution is 6.37. The van der Waals surface area contributed by atoms with Gasteiger partial charge in [0.2, 0.25) is 5.91 Å². The maximum atomic E-state index is 13.3. The number of ether oxygens (including phenoxy) is 1. The van der Waals surface area contributed by atoms with E-state index < -0.39 is 0 Å². The van der Waals surface area contributed by atoms with E-state index in [1.807, 2.05) is 18.2 Å². The monoisotopic (exact) mass is 418 g/mol. The van der Waals surface area contributed by atoms with E-state index in [1.165, 1.54) is 13.2 Å². The summed E-state index contributed by atoms with van der Waals surface area (Å²) in [5.41, 5.74) is 1.67. The lowest BCUT2D eigenvalue weighted by Crippen LogP contribution is -2.50. The Bertz CT molecular complexity index is 922. The van der Waals surface area contributed by atoms with Crippen LogP contribution in [0.15, 0.2) is 49.1 Å². The minimum absolute atomic E-state index is 0.131. The van der Waals surface area contributed by atoms with E-state index in [4.69, 9.17) is 27.9 Å². The van der Waals surface area contributed by atoms with Crippen LogP contribution in [-0.4, -0.2) is 54.9 Å². The molecule has 7 heteroatoms. The Labute approximate surface area is 174 Å². The number of hydrogen-bond donors (Lipinski definition) is 0. The maximum Gasteiger partial charge on any atom is 0.254 e. The molecule has 0 bridgehead atoms. The van der Waals surface area contributed by atoms with E-state index in [0.717, 1.165) is 0 Å². The van der Waals surface area contributed by atoms with Crippen LogP contribution >= 0.6 is 23.2 Å². The van der Waals surface area contributed by atoms with Gasteiger partial charge < -0.3 is 14.5 Å². The summed E-state index contributed by atoms with van der Waals surface area (Å²) in [6.07, 6.45) is 1.29. The minimum atomic E-state index is -0.179. The van der Waals surface area contributed by atoms with Crippen molar-refractivity contribution in [1.29, 1.82) is 0 Å². The third-order valence-electron chi connectivity index (χ3n) is 4.73. The number of carbonyl (C=O) groups is 2. The van der Waals surface area contributed by atoms with Gasteiger partial charge >= 0.3 is 0 Å². The van der Waals surface area contributed by atoms with Crippen molar-refractivity contribution in [3.8, 4) is 16.9 Å². The molecule has 0 radical (unpaired) electrons. The SMILES string of the molecule is C=CC(=O)N1CCN(C(=O)c2cc(OC)cc(Cl)c2-c2ccccc2Cl)CC1. The Morgan fingerprint density at radius 3 is 2.29 bits per heavy atom. The van der Waals surface area contributed by atoms with Gasteiger partial charge in [0.05, 0.1) is 17.7 Å². The van der Waals surface area contributed by atoms with Gasteiger partial charge in [-0.3, -0.25) is 9.59 Å². The fourth-order valence-corrected chi connectivity index (χ4v) is 3.78. The zero-order chi connectivity index (χ0) is 20.3. The number of rotatable bonds is 4. The second kappa shape index (κ2) is 8.67. The van der Waals surface area contributed by atoms with E-state index >= 15 is 0 Å². The standard InChI is InChI=1S/C21H20Cl2N2O3/c1-3-19(26)24-8-10-25(11-9-24)21(27)16-12-14(28-2)13-18(23)20(16)15-6-4-5-7-17(15)22/h3-7,12-13H,1,8-11H2,2H3. The lowest BCUT2D eigenvalue weighted by atomic mass is 9.97. The van der Waals surface area contributed by atoms with Crippen LogP contribution in [0.4, 0.5) is 0 Å². The number of hydrogen-bond acceptors (Lipinski definition) is 3. The molecule has 0 unspecified atom stereocenters. The number of piperazine rings is 1. The van der Waals surface area contributed by atoms with Crippen molar-refractivity contribution in [2.45, 2.75) is 0 Å². The Morgan fingerprint density at radius 2 is 1.68 bits per heavy atom. The van der Waals surface area contributed by atoms with Gasteiger partial charge in [0.1, 0.15) is 5.75 Å². The third kappa shape index (κ3) is 4.01. The highest BCUT2D eigenvalue weighted by Crippen LogP contribution is 2.39. The van der Waals surface area contributed by atoms with Gasteiger partial charge in [-0.1, -0.05) is 48.0 Å². The molecule has 1 heterocycles. The van der Waals surface area contributed by atoms with Crippen molar-refractivity contribution in [1.82, 2.24) is 9.80 Å². The number of halogens is 2. The van der Waals surface area contributed by atoms with Gasteiger partial charge in [-0.15, -0.1) is 0 Å². The van der Waals surface area contributed by atoms with Crippen molar-refractivity contribution in [3.05, 3.63) is 64.7 Å². The van der Waals surface area contributed by atoms with Crippen LogP contribution < -0.4 is 4.74 Å². The number of methoxy groups -OCH3 is 1. The lowest BCUT2D eigenvalue weighted by molar-refractivity contribution is -0.127. The van der Waals surface area contributed by atoms with E-state index in [9.17, 15) is 9.59 Å². The summed E-state index contributed by atoms with van der Waals surface area (Å²) in [6.45, 7) is 5.27. The summed E-state index contributed by atoms with van der Waals surface area (Å²) in [5.74, 6) is 0.180. The third-order valence-corrected chi connectivity index (χ3v) is 5.35. The van der Waals surface area contributed by atoms with Crippen LogP contribution in [0, 0.1) is 0 Å².